The zero-order valence-corrected chi connectivity index (χ0v) is 18.3. The number of esters is 1. The molecule has 0 bridgehead atoms. The summed E-state index contributed by atoms with van der Waals surface area (Å²) in [6.07, 6.45) is -7.92. The molecule has 0 spiro atoms. The first kappa shape index (κ1) is 26.0. The molecule has 182 valence electrons. The predicted molar refractivity (Wildman–Crippen MR) is 105 cm³/mol. The third kappa shape index (κ3) is 7.41. The number of benzene rings is 1. The van der Waals surface area contributed by atoms with Crippen molar-refractivity contribution in [2.24, 2.45) is 5.41 Å². The van der Waals surface area contributed by atoms with Crippen LogP contribution in [0.3, 0.4) is 0 Å². The van der Waals surface area contributed by atoms with E-state index < -0.39 is 47.3 Å². The minimum absolute atomic E-state index is 0.0817. The first-order chi connectivity index (χ1) is 15.2. The Morgan fingerprint density at radius 3 is 2.45 bits per heavy atom. The van der Waals surface area contributed by atoms with E-state index in [-0.39, 0.29) is 29.5 Å². The molecule has 0 N–H and O–H groups in total. The number of nitrogens with zero attached hydrogens (tertiary/aromatic N) is 1. The Bertz CT molecular complexity index is 963. The van der Waals surface area contributed by atoms with E-state index in [1.165, 1.54) is 32.9 Å². The summed E-state index contributed by atoms with van der Waals surface area (Å²) < 4.78 is 59.3. The summed E-state index contributed by atoms with van der Waals surface area (Å²) in [5, 5.41) is 9.43. The Kier molecular flexibility index (Phi) is 8.01. The van der Waals surface area contributed by atoms with Gasteiger partial charge in [0.1, 0.15) is 19.0 Å². The Morgan fingerprint density at radius 2 is 1.85 bits per heavy atom. The third-order valence-corrected chi connectivity index (χ3v) is 4.36. The van der Waals surface area contributed by atoms with Crippen LogP contribution in [0, 0.1) is 22.5 Å². The largest absolute Gasteiger partial charge is 0.511 e. The molecule has 33 heavy (non-hydrogen) atoms. The molecule has 1 atom stereocenters. The minimum Gasteiger partial charge on any atom is -0.475 e. The quantitative estimate of drug-likeness (QED) is 0.224. The van der Waals surface area contributed by atoms with Crippen molar-refractivity contribution >= 4 is 29.8 Å². The van der Waals surface area contributed by atoms with Crippen LogP contribution in [0.25, 0.3) is 6.08 Å². The van der Waals surface area contributed by atoms with Crippen molar-refractivity contribution in [1.29, 1.82) is 0 Å². The smallest absolute Gasteiger partial charge is 0.475 e. The molecule has 10 nitrogen and oxygen atoms in total. The van der Waals surface area contributed by atoms with Crippen molar-refractivity contribution in [2.75, 3.05) is 20.0 Å². The van der Waals surface area contributed by atoms with Crippen LogP contribution in [-0.4, -0.2) is 49.5 Å². The van der Waals surface area contributed by atoms with Crippen LogP contribution in [0.15, 0.2) is 17.7 Å². The lowest BCUT2D eigenvalue weighted by Crippen LogP contribution is -2.41. The Hall–Kier alpha value is -3.22. The van der Waals surface area contributed by atoms with Crippen molar-refractivity contribution in [3.05, 3.63) is 44.0 Å². The van der Waals surface area contributed by atoms with E-state index >= 15 is 0 Å². The summed E-state index contributed by atoms with van der Waals surface area (Å²) >= 11 is 5.92. The monoisotopic (exact) mass is 497 g/mol. The van der Waals surface area contributed by atoms with Gasteiger partial charge in [-0.05, 0) is 30.7 Å². The van der Waals surface area contributed by atoms with Crippen LogP contribution in [0.2, 0.25) is 5.02 Å². The summed E-state index contributed by atoms with van der Waals surface area (Å²) in [5.74, 6) is -1.52. The number of ether oxygens (including phenoxy) is 4. The molecule has 1 aliphatic heterocycles. The van der Waals surface area contributed by atoms with Gasteiger partial charge in [-0.2, -0.15) is 13.2 Å². The fourth-order valence-electron chi connectivity index (χ4n) is 2.64. The van der Waals surface area contributed by atoms with Gasteiger partial charge in [-0.25, -0.2) is 9.59 Å². The van der Waals surface area contributed by atoms with Gasteiger partial charge in [0, 0.05) is 16.0 Å². The molecule has 0 aromatic heterocycles. The highest BCUT2D eigenvalue weighted by molar-refractivity contribution is 6.30. The van der Waals surface area contributed by atoms with Crippen LogP contribution in [0.4, 0.5) is 18.0 Å². The Morgan fingerprint density at radius 1 is 1.18 bits per heavy atom. The van der Waals surface area contributed by atoms with Crippen LogP contribution in [0.1, 0.15) is 25.0 Å². The van der Waals surface area contributed by atoms with Crippen LogP contribution < -0.4 is 4.74 Å². The fraction of sp³-hybridized carbons (Fsp3) is 0.474. The molecule has 0 unspecified atom stereocenters. The average molecular weight is 498 g/mol. The molecule has 1 aliphatic rings. The summed E-state index contributed by atoms with van der Waals surface area (Å²) in [6.45, 7) is 2.73. The summed E-state index contributed by atoms with van der Waals surface area (Å²) in [5.41, 5.74) is -1.33. The van der Waals surface area contributed by atoms with Gasteiger partial charge >= 0.3 is 18.3 Å². The molecule has 1 heterocycles. The van der Waals surface area contributed by atoms with E-state index in [1.807, 2.05) is 0 Å². The van der Waals surface area contributed by atoms with E-state index in [0.717, 1.165) is 6.08 Å². The number of hydrogen-bond donors (Lipinski definition) is 0. The maximum atomic E-state index is 13.5. The average Bonchev–Trinajstić information content (AvgIpc) is 2.69. The molecule has 0 saturated carbocycles. The second-order valence-electron chi connectivity index (χ2n) is 7.67. The van der Waals surface area contributed by atoms with E-state index in [4.69, 9.17) is 21.1 Å². The molecule has 0 amide bonds. The SMILES string of the molecule is Cc1cc(Cl)cc2c1O[C@H](C(F)(F)F)C(C(=O)OCOC(=O)OCC(C)(C)CO[N+](=O)[O-])=C2. The highest BCUT2D eigenvalue weighted by atomic mass is 35.5. The van der Waals surface area contributed by atoms with E-state index in [0.29, 0.717) is 5.56 Å². The van der Waals surface area contributed by atoms with E-state index in [2.05, 4.69) is 14.3 Å². The maximum absolute atomic E-state index is 13.5. The van der Waals surface area contributed by atoms with Crippen molar-refractivity contribution < 1.29 is 51.6 Å². The lowest BCUT2D eigenvalue weighted by atomic mass is 9.97. The normalized spacial score (nSPS) is 15.5. The number of carbonyl (C=O) groups excluding carboxylic acids is 2. The van der Waals surface area contributed by atoms with Crippen molar-refractivity contribution in [3.63, 3.8) is 0 Å². The van der Waals surface area contributed by atoms with Crippen LogP contribution >= 0.6 is 11.6 Å². The second-order valence-corrected chi connectivity index (χ2v) is 8.11. The van der Waals surface area contributed by atoms with Gasteiger partial charge in [0.05, 0.1) is 5.57 Å². The second kappa shape index (κ2) is 10.1. The highest BCUT2D eigenvalue weighted by Gasteiger charge is 2.49. The lowest BCUT2D eigenvalue weighted by molar-refractivity contribution is -0.760. The first-order valence-corrected chi connectivity index (χ1v) is 9.56. The van der Waals surface area contributed by atoms with Gasteiger partial charge in [-0.1, -0.05) is 25.4 Å². The predicted octanol–water partition coefficient (Wildman–Crippen LogP) is 4.24. The van der Waals surface area contributed by atoms with Crippen LogP contribution in [0.5, 0.6) is 5.75 Å². The zero-order valence-electron chi connectivity index (χ0n) is 17.6. The first-order valence-electron chi connectivity index (χ1n) is 9.19. The Balaban J connectivity index is 1.99. The van der Waals surface area contributed by atoms with Gasteiger partial charge in [-0.15, -0.1) is 10.1 Å². The zero-order chi connectivity index (χ0) is 25.0. The molecule has 0 aliphatic carbocycles. The summed E-state index contributed by atoms with van der Waals surface area (Å²) in [7, 11) is 0. The summed E-state index contributed by atoms with van der Waals surface area (Å²) in [4.78, 5) is 38.3. The number of carbonyl (C=O) groups is 2. The maximum Gasteiger partial charge on any atom is 0.511 e. The molecule has 14 heteroatoms. The number of halogens is 4. The van der Waals surface area contributed by atoms with Gasteiger partial charge in [0.2, 0.25) is 12.9 Å². The van der Waals surface area contributed by atoms with Gasteiger partial charge in [0.15, 0.2) is 0 Å². The standard InChI is InChI=1S/C19H19ClF3NO9/c1-10-4-12(20)5-11-6-13(15(19(21,22)23)33-14(10)11)16(25)30-9-31-17(26)29-7-18(2,3)8-32-24(27)28/h4-6,15H,7-9H2,1-3H3/t15-/m0/s1. The number of alkyl halides is 3. The third-order valence-electron chi connectivity index (χ3n) is 4.14. The van der Waals surface area contributed by atoms with Gasteiger partial charge in [0.25, 0.3) is 5.09 Å². The van der Waals surface area contributed by atoms with Crippen molar-refractivity contribution in [1.82, 2.24) is 0 Å². The molecule has 0 radical (unpaired) electrons. The van der Waals surface area contributed by atoms with Gasteiger partial charge in [-0.3, -0.25) is 0 Å². The van der Waals surface area contributed by atoms with Crippen LogP contribution in [-0.2, 0) is 23.8 Å². The van der Waals surface area contributed by atoms with E-state index in [1.54, 1.807) is 0 Å². The molecule has 0 saturated heterocycles. The van der Waals surface area contributed by atoms with E-state index in [9.17, 15) is 32.9 Å². The van der Waals surface area contributed by atoms with Crippen molar-refractivity contribution in [2.45, 2.75) is 33.1 Å². The molecule has 1 aromatic carbocycles. The topological polar surface area (TPSA) is 123 Å². The highest BCUT2D eigenvalue weighted by Crippen LogP contribution is 2.40. The number of rotatable bonds is 8. The molecule has 2 rings (SSSR count). The fourth-order valence-corrected chi connectivity index (χ4v) is 2.92. The van der Waals surface area contributed by atoms with Gasteiger partial charge < -0.3 is 23.8 Å². The molecular weight excluding hydrogens is 479 g/mol. The summed E-state index contributed by atoms with van der Waals surface area (Å²) in [6, 6.07) is 2.73. The minimum atomic E-state index is -4.94. The number of hydrogen-bond acceptors (Lipinski definition) is 9. The molecule has 0 fully saturated rings. The number of aryl methyl sites for hydroxylation is 1. The molecule has 1 aromatic rings. The molecular formula is C19H19ClF3NO9. The lowest BCUT2D eigenvalue weighted by Gasteiger charge is -2.28. The number of fused-ring (bicyclic) bond motifs is 1. The van der Waals surface area contributed by atoms with Crippen molar-refractivity contribution in [3.8, 4) is 5.75 Å². The Labute approximate surface area is 190 Å².